The molecule has 0 aliphatic carbocycles. The maximum atomic E-state index is 12.4. The molecule has 1 aromatic rings. The number of aromatic nitrogens is 2. The molecule has 0 fully saturated rings. The monoisotopic (exact) mass is 335 g/mol. The molecule has 7 nitrogen and oxygen atoms in total. The van der Waals surface area contributed by atoms with E-state index in [1.54, 1.807) is 11.8 Å². The van der Waals surface area contributed by atoms with E-state index >= 15 is 0 Å². The topological polar surface area (TPSA) is 112 Å². The van der Waals surface area contributed by atoms with Crippen LogP contribution in [0.3, 0.4) is 0 Å². The summed E-state index contributed by atoms with van der Waals surface area (Å²) in [5.41, 5.74) is -0.273. The van der Waals surface area contributed by atoms with Gasteiger partial charge in [0.2, 0.25) is 10.0 Å². The van der Waals surface area contributed by atoms with Crippen LogP contribution in [0.1, 0.15) is 42.9 Å². The highest BCUT2D eigenvalue weighted by atomic mass is 32.2. The predicted molar refractivity (Wildman–Crippen MR) is 82.3 cm³/mol. The van der Waals surface area contributed by atoms with Gasteiger partial charge >= 0.3 is 5.97 Å². The average Bonchev–Trinajstić information content (AvgIpc) is 2.84. The summed E-state index contributed by atoms with van der Waals surface area (Å²) in [5.74, 6) is -1.37. The second kappa shape index (κ2) is 6.80. The first-order chi connectivity index (χ1) is 9.73. The zero-order chi connectivity index (χ0) is 16.3. The molecule has 21 heavy (non-hydrogen) atoms. The molecule has 0 aliphatic rings. The lowest BCUT2D eigenvalue weighted by molar-refractivity contribution is 0.0686. The second-order valence-electron chi connectivity index (χ2n) is 4.75. The standard InChI is InChI=1S/C12H21N3O4S2/c1-5-12(6-2,20-4)7-13-21(18,19)10-8(3)14-15-9(10)11(16)17/h13H,5-7H2,1-4H3,(H,14,15)(H,16,17). The van der Waals surface area contributed by atoms with E-state index < -0.39 is 21.7 Å². The highest BCUT2D eigenvalue weighted by Gasteiger charge is 2.32. The summed E-state index contributed by atoms with van der Waals surface area (Å²) >= 11 is 1.60. The van der Waals surface area contributed by atoms with Crippen LogP contribution in [0.15, 0.2) is 4.90 Å². The molecule has 9 heteroatoms. The molecule has 0 atom stereocenters. The molecule has 0 amide bonds. The maximum absolute atomic E-state index is 12.4. The first-order valence-corrected chi connectivity index (χ1v) is 9.27. The first-order valence-electron chi connectivity index (χ1n) is 6.56. The number of hydrogen-bond donors (Lipinski definition) is 3. The molecule has 0 spiro atoms. The average molecular weight is 335 g/mol. The van der Waals surface area contributed by atoms with Gasteiger partial charge in [-0.15, -0.1) is 0 Å². The fraction of sp³-hybridized carbons (Fsp3) is 0.667. The number of nitrogens with zero attached hydrogens (tertiary/aromatic N) is 1. The van der Waals surface area contributed by atoms with Crippen molar-refractivity contribution < 1.29 is 18.3 Å². The summed E-state index contributed by atoms with van der Waals surface area (Å²) in [5, 5.41) is 15.0. The predicted octanol–water partition coefficient (Wildman–Crippen LogP) is 1.62. The van der Waals surface area contributed by atoms with E-state index in [-0.39, 0.29) is 21.9 Å². The molecule has 120 valence electrons. The van der Waals surface area contributed by atoms with E-state index in [9.17, 15) is 13.2 Å². The van der Waals surface area contributed by atoms with Crippen molar-refractivity contribution in [3.05, 3.63) is 11.4 Å². The van der Waals surface area contributed by atoms with E-state index in [4.69, 9.17) is 5.11 Å². The van der Waals surface area contributed by atoms with Crippen LogP contribution in [0, 0.1) is 6.92 Å². The summed E-state index contributed by atoms with van der Waals surface area (Å²) in [6.07, 6.45) is 3.56. The number of H-pyrrole nitrogens is 1. The number of nitrogens with one attached hydrogen (secondary N) is 2. The Kier molecular flexibility index (Phi) is 5.83. The van der Waals surface area contributed by atoms with Gasteiger partial charge in [-0.25, -0.2) is 17.9 Å². The van der Waals surface area contributed by atoms with Gasteiger partial charge in [-0.1, -0.05) is 13.8 Å². The Hall–Kier alpha value is -1.06. The van der Waals surface area contributed by atoms with Crippen LogP contribution >= 0.6 is 11.8 Å². The van der Waals surface area contributed by atoms with Crippen molar-refractivity contribution in [3.63, 3.8) is 0 Å². The van der Waals surface area contributed by atoms with Crippen molar-refractivity contribution in [3.8, 4) is 0 Å². The highest BCUT2D eigenvalue weighted by molar-refractivity contribution is 8.00. The quantitative estimate of drug-likeness (QED) is 0.665. The zero-order valence-electron chi connectivity index (χ0n) is 12.6. The van der Waals surface area contributed by atoms with Crippen LogP contribution in [-0.2, 0) is 10.0 Å². The van der Waals surface area contributed by atoms with Gasteiger partial charge in [0.1, 0.15) is 4.90 Å². The summed E-state index contributed by atoms with van der Waals surface area (Å²) < 4.78 is 27.1. The largest absolute Gasteiger partial charge is 0.476 e. The van der Waals surface area contributed by atoms with Crippen LogP contribution in [0.25, 0.3) is 0 Å². The van der Waals surface area contributed by atoms with Crippen molar-refractivity contribution in [2.24, 2.45) is 0 Å². The number of carbonyl (C=O) groups is 1. The molecular formula is C12H21N3O4S2. The fourth-order valence-corrected chi connectivity index (χ4v) is 4.38. The number of thioether (sulfide) groups is 1. The molecular weight excluding hydrogens is 314 g/mol. The van der Waals surface area contributed by atoms with Crippen LogP contribution in [0.4, 0.5) is 0 Å². The third kappa shape index (κ3) is 3.78. The SMILES string of the molecule is CCC(CC)(CNS(=O)(=O)c1c(C(=O)O)n[nH]c1C)SC. The van der Waals surface area contributed by atoms with E-state index in [0.717, 1.165) is 12.8 Å². The maximum Gasteiger partial charge on any atom is 0.357 e. The van der Waals surface area contributed by atoms with Gasteiger partial charge in [-0.2, -0.15) is 16.9 Å². The lowest BCUT2D eigenvalue weighted by Gasteiger charge is -2.29. The number of rotatable bonds is 8. The number of aromatic amines is 1. The summed E-state index contributed by atoms with van der Waals surface area (Å²) in [7, 11) is -3.92. The number of aromatic carboxylic acids is 1. The van der Waals surface area contributed by atoms with Gasteiger partial charge in [0, 0.05) is 11.3 Å². The van der Waals surface area contributed by atoms with Gasteiger partial charge < -0.3 is 5.11 Å². The van der Waals surface area contributed by atoms with E-state index in [2.05, 4.69) is 14.9 Å². The first kappa shape index (κ1) is 18.0. The molecule has 0 aliphatic heterocycles. The fourth-order valence-electron chi connectivity index (χ4n) is 2.05. The minimum Gasteiger partial charge on any atom is -0.476 e. The van der Waals surface area contributed by atoms with Crippen molar-refractivity contribution in [1.82, 2.24) is 14.9 Å². The third-order valence-electron chi connectivity index (χ3n) is 3.67. The molecule has 0 radical (unpaired) electrons. The Balaban J connectivity index is 3.08. The minimum atomic E-state index is -3.92. The van der Waals surface area contributed by atoms with E-state index in [0.29, 0.717) is 0 Å². The van der Waals surface area contributed by atoms with Gasteiger partial charge in [0.15, 0.2) is 5.69 Å². The summed E-state index contributed by atoms with van der Waals surface area (Å²) in [6, 6.07) is 0. The normalized spacial score (nSPS) is 12.6. The van der Waals surface area contributed by atoms with Crippen molar-refractivity contribution in [1.29, 1.82) is 0 Å². The lowest BCUT2D eigenvalue weighted by Crippen LogP contribution is -2.40. The Morgan fingerprint density at radius 1 is 1.43 bits per heavy atom. The molecule has 0 unspecified atom stereocenters. The van der Waals surface area contributed by atoms with Gasteiger partial charge in [0.25, 0.3) is 0 Å². The van der Waals surface area contributed by atoms with Crippen LogP contribution < -0.4 is 4.72 Å². The van der Waals surface area contributed by atoms with Gasteiger partial charge in [-0.05, 0) is 26.0 Å². The van der Waals surface area contributed by atoms with Gasteiger partial charge in [-0.3, -0.25) is 5.10 Å². The molecule has 1 aromatic heterocycles. The van der Waals surface area contributed by atoms with Crippen molar-refractivity contribution >= 4 is 27.8 Å². The smallest absolute Gasteiger partial charge is 0.357 e. The van der Waals surface area contributed by atoms with Crippen molar-refractivity contribution in [2.45, 2.75) is 43.3 Å². The highest BCUT2D eigenvalue weighted by Crippen LogP contribution is 2.30. The molecule has 0 aromatic carbocycles. The Bertz CT molecular complexity index is 598. The van der Waals surface area contributed by atoms with Crippen molar-refractivity contribution in [2.75, 3.05) is 12.8 Å². The molecule has 1 heterocycles. The number of carboxylic acid groups (broad SMARTS) is 1. The van der Waals surface area contributed by atoms with Gasteiger partial charge in [0.05, 0.1) is 5.69 Å². The Morgan fingerprint density at radius 2 is 2.00 bits per heavy atom. The lowest BCUT2D eigenvalue weighted by atomic mass is 10.0. The zero-order valence-corrected chi connectivity index (χ0v) is 14.2. The van der Waals surface area contributed by atoms with Crippen LogP contribution in [0.5, 0.6) is 0 Å². The molecule has 3 N–H and O–H groups in total. The van der Waals surface area contributed by atoms with E-state index in [1.165, 1.54) is 6.92 Å². The molecule has 1 rings (SSSR count). The molecule has 0 saturated heterocycles. The van der Waals surface area contributed by atoms with Crippen LogP contribution in [-0.4, -0.2) is 47.2 Å². The number of carboxylic acids is 1. The molecule has 0 bridgehead atoms. The minimum absolute atomic E-state index is 0.200. The van der Waals surface area contributed by atoms with E-state index in [1.807, 2.05) is 20.1 Å². The third-order valence-corrected chi connectivity index (χ3v) is 6.82. The molecule has 0 saturated carbocycles. The van der Waals surface area contributed by atoms with Crippen LogP contribution in [0.2, 0.25) is 0 Å². The number of aryl methyl sites for hydroxylation is 1. The Morgan fingerprint density at radius 3 is 2.43 bits per heavy atom. The second-order valence-corrected chi connectivity index (χ2v) is 7.73. The number of sulfonamides is 1. The summed E-state index contributed by atoms with van der Waals surface area (Å²) in [6.45, 7) is 5.73. The summed E-state index contributed by atoms with van der Waals surface area (Å²) in [4.78, 5) is 10.8. The Labute approximate surface area is 129 Å². The number of hydrogen-bond acceptors (Lipinski definition) is 5.